The number of aromatic nitrogens is 2. The second-order valence-corrected chi connectivity index (χ2v) is 6.93. The molecule has 3 rings (SSSR count). The number of rotatable bonds is 9. The third-order valence-corrected chi connectivity index (χ3v) is 4.79. The molecule has 1 amide bonds. The summed E-state index contributed by atoms with van der Waals surface area (Å²) >= 11 is 0. The van der Waals surface area contributed by atoms with Gasteiger partial charge in [0.25, 0.3) is 11.5 Å². The molecule has 152 valence electrons. The zero-order valence-corrected chi connectivity index (χ0v) is 17.0. The van der Waals surface area contributed by atoms with Crippen LogP contribution in [-0.4, -0.2) is 33.9 Å². The molecule has 0 saturated heterocycles. The molecule has 0 unspecified atom stereocenters. The molecule has 3 aromatic rings. The van der Waals surface area contributed by atoms with E-state index in [0.717, 1.165) is 25.0 Å². The molecule has 1 heterocycles. The lowest BCUT2D eigenvalue weighted by Crippen LogP contribution is -2.31. The fourth-order valence-corrected chi connectivity index (χ4v) is 3.14. The second-order valence-electron chi connectivity index (χ2n) is 6.93. The third kappa shape index (κ3) is 5.22. The maximum atomic E-state index is 12.9. The van der Waals surface area contributed by atoms with Gasteiger partial charge in [-0.15, -0.1) is 0 Å². The van der Waals surface area contributed by atoms with Gasteiger partial charge in [-0.2, -0.15) is 0 Å². The van der Waals surface area contributed by atoms with Crippen LogP contribution in [0.4, 0.5) is 0 Å². The van der Waals surface area contributed by atoms with Gasteiger partial charge in [-0.3, -0.25) is 9.59 Å². The van der Waals surface area contributed by atoms with Crippen LogP contribution >= 0.6 is 0 Å². The van der Waals surface area contributed by atoms with Crippen molar-refractivity contribution in [2.45, 2.75) is 39.7 Å². The molecule has 1 aromatic heterocycles. The van der Waals surface area contributed by atoms with E-state index in [-0.39, 0.29) is 18.0 Å². The summed E-state index contributed by atoms with van der Waals surface area (Å²) in [7, 11) is 0. The molecule has 0 atom stereocenters. The number of nitrogens with zero attached hydrogens (tertiary/aromatic N) is 2. The number of unbranched alkanes of at least 4 members (excludes halogenated alkanes) is 2. The van der Waals surface area contributed by atoms with E-state index in [1.54, 1.807) is 35.2 Å². The van der Waals surface area contributed by atoms with Crippen molar-refractivity contribution in [2.24, 2.45) is 0 Å². The van der Waals surface area contributed by atoms with Crippen LogP contribution in [0, 0.1) is 0 Å². The monoisotopic (exact) mass is 393 g/mol. The summed E-state index contributed by atoms with van der Waals surface area (Å²) in [5.74, 6) is 1.13. The number of hydrogen-bond acceptors (Lipinski definition) is 4. The smallest absolute Gasteiger partial charge is 0.258 e. The van der Waals surface area contributed by atoms with Crippen LogP contribution in [0.1, 0.15) is 49.3 Å². The van der Waals surface area contributed by atoms with E-state index in [9.17, 15) is 9.59 Å². The van der Waals surface area contributed by atoms with E-state index in [1.807, 2.05) is 25.1 Å². The predicted molar refractivity (Wildman–Crippen MR) is 114 cm³/mol. The van der Waals surface area contributed by atoms with Crippen LogP contribution in [0.5, 0.6) is 5.75 Å². The first kappa shape index (κ1) is 20.6. The molecule has 0 spiro atoms. The highest BCUT2D eigenvalue weighted by Crippen LogP contribution is 2.15. The highest BCUT2D eigenvalue weighted by atomic mass is 16.5. The zero-order valence-electron chi connectivity index (χ0n) is 17.0. The van der Waals surface area contributed by atoms with Crippen LogP contribution < -0.4 is 10.3 Å². The summed E-state index contributed by atoms with van der Waals surface area (Å²) in [5, 5.41) is 0.542. The molecule has 0 aliphatic rings. The third-order valence-electron chi connectivity index (χ3n) is 4.79. The largest absolute Gasteiger partial charge is 0.494 e. The maximum absolute atomic E-state index is 12.9. The summed E-state index contributed by atoms with van der Waals surface area (Å²) < 4.78 is 5.70. The summed E-state index contributed by atoms with van der Waals surface area (Å²) in [6, 6.07) is 14.4. The van der Waals surface area contributed by atoms with Crippen molar-refractivity contribution in [2.75, 3.05) is 13.2 Å². The van der Waals surface area contributed by atoms with Crippen LogP contribution in [0.15, 0.2) is 53.3 Å². The van der Waals surface area contributed by atoms with Crippen molar-refractivity contribution >= 4 is 16.8 Å². The number of carbonyl (C=O) groups excluding carboxylic acids is 1. The predicted octanol–water partition coefficient (Wildman–Crippen LogP) is 4.15. The van der Waals surface area contributed by atoms with Gasteiger partial charge in [0.15, 0.2) is 0 Å². The first-order chi connectivity index (χ1) is 14.1. The van der Waals surface area contributed by atoms with E-state index in [0.29, 0.717) is 35.4 Å². The molecular weight excluding hydrogens is 366 g/mol. The molecular formula is C23H27N3O3. The number of ether oxygens (including phenoxy) is 1. The molecule has 6 nitrogen and oxygen atoms in total. The number of hydrogen-bond donors (Lipinski definition) is 1. The molecule has 0 saturated carbocycles. The van der Waals surface area contributed by atoms with Gasteiger partial charge < -0.3 is 14.6 Å². The Hall–Kier alpha value is -3.15. The van der Waals surface area contributed by atoms with Crippen molar-refractivity contribution in [1.82, 2.24) is 14.9 Å². The van der Waals surface area contributed by atoms with Gasteiger partial charge >= 0.3 is 0 Å². The minimum absolute atomic E-state index is 0.110. The Labute approximate surface area is 170 Å². The lowest BCUT2D eigenvalue weighted by Gasteiger charge is -2.20. The second kappa shape index (κ2) is 9.87. The number of para-hydroxylation sites is 1. The number of benzene rings is 2. The van der Waals surface area contributed by atoms with E-state index in [1.165, 1.54) is 0 Å². The summed E-state index contributed by atoms with van der Waals surface area (Å²) in [6.07, 6.45) is 3.33. The quantitative estimate of drug-likeness (QED) is 0.554. The van der Waals surface area contributed by atoms with E-state index in [4.69, 9.17) is 4.74 Å². The Morgan fingerprint density at radius 1 is 1.07 bits per heavy atom. The fraction of sp³-hybridized carbons (Fsp3) is 0.348. The molecule has 0 aliphatic carbocycles. The number of aromatic amines is 1. The van der Waals surface area contributed by atoms with Gasteiger partial charge in [-0.05, 0) is 49.7 Å². The summed E-state index contributed by atoms with van der Waals surface area (Å²) in [5.41, 5.74) is 1.01. The Morgan fingerprint density at radius 2 is 1.83 bits per heavy atom. The highest BCUT2D eigenvalue weighted by Gasteiger charge is 2.16. The Bertz CT molecular complexity index is 1010. The van der Waals surface area contributed by atoms with E-state index in [2.05, 4.69) is 16.9 Å². The fourth-order valence-electron chi connectivity index (χ4n) is 3.14. The lowest BCUT2D eigenvalue weighted by molar-refractivity contribution is 0.0748. The number of amides is 1. The van der Waals surface area contributed by atoms with Crippen LogP contribution in [0.25, 0.3) is 10.9 Å². The van der Waals surface area contributed by atoms with Gasteiger partial charge in [0.1, 0.15) is 11.6 Å². The van der Waals surface area contributed by atoms with Gasteiger partial charge in [0, 0.05) is 12.1 Å². The summed E-state index contributed by atoms with van der Waals surface area (Å²) in [4.78, 5) is 34.1. The SMILES string of the molecule is CCCCCOc1ccc(C(=O)N(CC)Cc2nc3ccccc3c(=O)[nH]2)cc1. The zero-order chi connectivity index (χ0) is 20.6. The molecule has 6 heteroatoms. The standard InChI is InChI=1S/C23H27N3O3/c1-3-5-8-15-29-18-13-11-17(12-14-18)23(28)26(4-2)16-21-24-20-10-7-6-9-19(20)22(27)25-21/h6-7,9-14H,3-5,8,15-16H2,1-2H3,(H,24,25,27). The first-order valence-corrected chi connectivity index (χ1v) is 10.1. The molecule has 0 aliphatic heterocycles. The van der Waals surface area contributed by atoms with E-state index >= 15 is 0 Å². The molecule has 1 N–H and O–H groups in total. The normalized spacial score (nSPS) is 10.8. The highest BCUT2D eigenvalue weighted by molar-refractivity contribution is 5.94. The molecule has 2 aromatic carbocycles. The van der Waals surface area contributed by atoms with Gasteiger partial charge in [-0.25, -0.2) is 4.98 Å². The number of fused-ring (bicyclic) bond motifs is 1. The van der Waals surface area contributed by atoms with Crippen molar-refractivity contribution in [3.63, 3.8) is 0 Å². The average molecular weight is 393 g/mol. The summed E-state index contributed by atoms with van der Waals surface area (Å²) in [6.45, 7) is 5.49. The Morgan fingerprint density at radius 3 is 2.55 bits per heavy atom. The topological polar surface area (TPSA) is 75.3 Å². The molecule has 0 fully saturated rings. The van der Waals surface area contributed by atoms with Crippen LogP contribution in [0.3, 0.4) is 0 Å². The first-order valence-electron chi connectivity index (χ1n) is 10.1. The average Bonchev–Trinajstić information content (AvgIpc) is 2.75. The van der Waals surface area contributed by atoms with Gasteiger partial charge in [-0.1, -0.05) is 31.9 Å². The van der Waals surface area contributed by atoms with Crippen molar-refractivity contribution in [3.05, 3.63) is 70.3 Å². The Kier molecular flexibility index (Phi) is 7.00. The van der Waals surface area contributed by atoms with Crippen LogP contribution in [-0.2, 0) is 6.54 Å². The lowest BCUT2D eigenvalue weighted by atomic mass is 10.2. The molecule has 0 bridgehead atoms. The molecule has 29 heavy (non-hydrogen) atoms. The van der Waals surface area contributed by atoms with Crippen LogP contribution in [0.2, 0.25) is 0 Å². The van der Waals surface area contributed by atoms with Crippen molar-refractivity contribution in [3.8, 4) is 5.75 Å². The number of carbonyl (C=O) groups is 1. The van der Waals surface area contributed by atoms with E-state index < -0.39 is 0 Å². The van der Waals surface area contributed by atoms with Gasteiger partial charge in [0.2, 0.25) is 0 Å². The van der Waals surface area contributed by atoms with Crippen molar-refractivity contribution < 1.29 is 9.53 Å². The number of nitrogens with one attached hydrogen (secondary N) is 1. The maximum Gasteiger partial charge on any atom is 0.258 e. The molecule has 0 radical (unpaired) electrons. The minimum atomic E-state index is -0.196. The minimum Gasteiger partial charge on any atom is -0.494 e. The number of H-pyrrole nitrogens is 1. The Balaban J connectivity index is 1.69. The van der Waals surface area contributed by atoms with Crippen molar-refractivity contribution in [1.29, 1.82) is 0 Å². The van der Waals surface area contributed by atoms with Gasteiger partial charge in [0.05, 0.1) is 24.1 Å².